The third-order valence-corrected chi connectivity index (χ3v) is 5.05. The van der Waals surface area contributed by atoms with E-state index in [2.05, 4.69) is 15.0 Å². The van der Waals surface area contributed by atoms with Crippen molar-refractivity contribution in [1.29, 1.82) is 0 Å². The second-order valence-electron chi connectivity index (χ2n) is 7.16. The van der Waals surface area contributed by atoms with Gasteiger partial charge in [-0.2, -0.15) is 9.78 Å². The predicted molar refractivity (Wildman–Crippen MR) is 107 cm³/mol. The van der Waals surface area contributed by atoms with Gasteiger partial charge in [0.2, 0.25) is 5.95 Å². The van der Waals surface area contributed by atoms with Crippen LogP contribution in [-0.2, 0) is 11.3 Å². The standard InChI is InChI=1S/C21H21N5O3/c1-14-12-19(23-20(27)18-9-5-11-29-18)26(24-14)21-22-16-7-2-3-8-17(16)25(21)13-15-6-4-10-28-15/h2-3,5,7-9,11-12,15H,4,6,10,13H2,1H3,(H,23,27). The molecule has 1 atom stereocenters. The van der Waals surface area contributed by atoms with Crippen molar-refractivity contribution in [2.45, 2.75) is 32.4 Å². The molecule has 4 heterocycles. The number of nitrogens with zero attached hydrogens (tertiary/aromatic N) is 4. The number of fused-ring (bicyclic) bond motifs is 1. The number of aryl methyl sites for hydroxylation is 1. The fourth-order valence-electron chi connectivity index (χ4n) is 3.72. The molecule has 8 nitrogen and oxygen atoms in total. The molecule has 1 N–H and O–H groups in total. The monoisotopic (exact) mass is 391 g/mol. The summed E-state index contributed by atoms with van der Waals surface area (Å²) in [4.78, 5) is 17.3. The van der Waals surface area contributed by atoms with Crippen LogP contribution in [0.5, 0.6) is 0 Å². The van der Waals surface area contributed by atoms with E-state index >= 15 is 0 Å². The van der Waals surface area contributed by atoms with Crippen LogP contribution in [0.2, 0.25) is 0 Å². The van der Waals surface area contributed by atoms with Crippen molar-refractivity contribution in [1.82, 2.24) is 19.3 Å². The van der Waals surface area contributed by atoms with Crippen molar-refractivity contribution in [2.24, 2.45) is 0 Å². The minimum absolute atomic E-state index is 0.143. The lowest BCUT2D eigenvalue weighted by molar-refractivity contribution is 0.0975. The molecule has 0 saturated carbocycles. The molecular formula is C21H21N5O3. The number of amides is 1. The van der Waals surface area contributed by atoms with Gasteiger partial charge in [0, 0.05) is 12.7 Å². The maximum absolute atomic E-state index is 12.5. The molecule has 3 aromatic heterocycles. The van der Waals surface area contributed by atoms with Crippen molar-refractivity contribution in [3.8, 4) is 5.95 Å². The molecular weight excluding hydrogens is 370 g/mol. The zero-order chi connectivity index (χ0) is 19.8. The third kappa shape index (κ3) is 3.31. The van der Waals surface area contributed by atoms with E-state index in [9.17, 15) is 4.79 Å². The number of benzene rings is 1. The molecule has 1 fully saturated rings. The van der Waals surface area contributed by atoms with Gasteiger partial charge in [0.15, 0.2) is 5.76 Å². The minimum atomic E-state index is -0.335. The largest absolute Gasteiger partial charge is 0.459 e. The van der Waals surface area contributed by atoms with Crippen LogP contribution in [0.1, 0.15) is 29.1 Å². The number of para-hydroxylation sites is 2. The maximum Gasteiger partial charge on any atom is 0.292 e. The quantitative estimate of drug-likeness (QED) is 0.562. The normalized spacial score (nSPS) is 16.5. The number of carbonyl (C=O) groups excluding carboxylic acids is 1. The number of furan rings is 1. The Morgan fingerprint density at radius 3 is 2.97 bits per heavy atom. The highest BCUT2D eigenvalue weighted by Gasteiger charge is 2.23. The van der Waals surface area contributed by atoms with Gasteiger partial charge in [0.05, 0.1) is 35.6 Å². The lowest BCUT2D eigenvalue weighted by atomic mass is 10.2. The highest BCUT2D eigenvalue weighted by atomic mass is 16.5. The van der Waals surface area contributed by atoms with Crippen LogP contribution in [0, 0.1) is 6.92 Å². The number of hydrogen-bond donors (Lipinski definition) is 1. The molecule has 1 saturated heterocycles. The fraction of sp³-hybridized carbons (Fsp3) is 0.286. The summed E-state index contributed by atoms with van der Waals surface area (Å²) >= 11 is 0. The second-order valence-corrected chi connectivity index (χ2v) is 7.16. The molecule has 148 valence electrons. The smallest absolute Gasteiger partial charge is 0.292 e. The summed E-state index contributed by atoms with van der Waals surface area (Å²) in [7, 11) is 0. The van der Waals surface area contributed by atoms with Gasteiger partial charge in [0.1, 0.15) is 5.82 Å². The summed E-state index contributed by atoms with van der Waals surface area (Å²) < 4.78 is 14.8. The van der Waals surface area contributed by atoms with Crippen LogP contribution >= 0.6 is 0 Å². The molecule has 1 unspecified atom stereocenters. The van der Waals surface area contributed by atoms with Gasteiger partial charge in [-0.15, -0.1) is 0 Å². The molecule has 8 heteroatoms. The topological polar surface area (TPSA) is 87.1 Å². The maximum atomic E-state index is 12.5. The summed E-state index contributed by atoms with van der Waals surface area (Å²) in [5.74, 6) is 1.08. The van der Waals surface area contributed by atoms with Gasteiger partial charge in [-0.25, -0.2) is 4.98 Å². The average Bonchev–Trinajstić information content (AvgIpc) is 3.49. The van der Waals surface area contributed by atoms with Crippen LogP contribution in [0.4, 0.5) is 5.82 Å². The van der Waals surface area contributed by atoms with E-state index in [1.807, 2.05) is 37.3 Å². The Kier molecular flexibility index (Phi) is 4.40. The Morgan fingerprint density at radius 2 is 2.17 bits per heavy atom. The van der Waals surface area contributed by atoms with Crippen LogP contribution in [0.3, 0.4) is 0 Å². The number of hydrogen-bond acceptors (Lipinski definition) is 5. The van der Waals surface area contributed by atoms with Gasteiger partial charge in [-0.05, 0) is 44.0 Å². The summed E-state index contributed by atoms with van der Waals surface area (Å²) in [5.41, 5.74) is 2.65. The van der Waals surface area contributed by atoms with E-state index in [4.69, 9.17) is 14.1 Å². The first-order chi connectivity index (χ1) is 14.2. The third-order valence-electron chi connectivity index (χ3n) is 5.05. The molecule has 0 spiro atoms. The number of carbonyl (C=O) groups is 1. The van der Waals surface area contributed by atoms with Crippen molar-refractivity contribution >= 4 is 22.8 Å². The van der Waals surface area contributed by atoms with Gasteiger partial charge in [-0.3, -0.25) is 4.79 Å². The summed E-state index contributed by atoms with van der Waals surface area (Å²) in [5, 5.41) is 7.47. The molecule has 4 aromatic rings. The first kappa shape index (κ1) is 17.7. The Balaban J connectivity index is 1.57. The molecule has 1 aliphatic heterocycles. The van der Waals surface area contributed by atoms with E-state index in [0.29, 0.717) is 18.3 Å². The average molecular weight is 391 g/mol. The number of imidazole rings is 1. The number of ether oxygens (including phenoxy) is 1. The summed E-state index contributed by atoms with van der Waals surface area (Å²) in [6.45, 7) is 3.35. The van der Waals surface area contributed by atoms with E-state index in [1.165, 1.54) is 6.26 Å². The highest BCUT2D eigenvalue weighted by molar-refractivity contribution is 6.01. The zero-order valence-electron chi connectivity index (χ0n) is 16.0. The van der Waals surface area contributed by atoms with Crippen molar-refractivity contribution in [3.05, 3.63) is 60.2 Å². The molecule has 5 rings (SSSR count). The summed E-state index contributed by atoms with van der Waals surface area (Å²) in [6, 6.07) is 13.1. The number of rotatable bonds is 5. The minimum Gasteiger partial charge on any atom is -0.459 e. The van der Waals surface area contributed by atoms with Crippen molar-refractivity contribution in [3.63, 3.8) is 0 Å². The van der Waals surface area contributed by atoms with E-state index < -0.39 is 0 Å². The summed E-state index contributed by atoms with van der Waals surface area (Å²) in [6.07, 6.45) is 3.70. The Morgan fingerprint density at radius 1 is 1.28 bits per heavy atom. The first-order valence-electron chi connectivity index (χ1n) is 9.68. The lowest BCUT2D eigenvalue weighted by Gasteiger charge is -2.15. The second kappa shape index (κ2) is 7.21. The van der Waals surface area contributed by atoms with E-state index in [-0.39, 0.29) is 17.8 Å². The molecule has 0 aliphatic carbocycles. The first-order valence-corrected chi connectivity index (χ1v) is 9.68. The van der Waals surface area contributed by atoms with Crippen LogP contribution in [-0.4, -0.2) is 37.9 Å². The Bertz CT molecular complexity index is 1150. The number of anilines is 1. The van der Waals surface area contributed by atoms with Gasteiger partial charge in [-0.1, -0.05) is 12.1 Å². The Hall–Kier alpha value is -3.39. The van der Waals surface area contributed by atoms with Crippen LogP contribution < -0.4 is 5.32 Å². The predicted octanol–water partition coefficient (Wildman–Crippen LogP) is 3.55. The lowest BCUT2D eigenvalue weighted by Crippen LogP contribution is -2.20. The van der Waals surface area contributed by atoms with Gasteiger partial charge >= 0.3 is 0 Å². The van der Waals surface area contributed by atoms with Crippen molar-refractivity contribution < 1.29 is 13.9 Å². The van der Waals surface area contributed by atoms with Crippen LogP contribution in [0.15, 0.2) is 53.1 Å². The molecule has 1 amide bonds. The SMILES string of the molecule is Cc1cc(NC(=O)c2ccco2)n(-c2nc3ccccc3n2CC2CCCO2)n1. The van der Waals surface area contributed by atoms with E-state index in [0.717, 1.165) is 36.2 Å². The van der Waals surface area contributed by atoms with Crippen LogP contribution in [0.25, 0.3) is 17.0 Å². The molecule has 0 bridgehead atoms. The van der Waals surface area contributed by atoms with Gasteiger partial charge in [0.25, 0.3) is 5.91 Å². The highest BCUT2D eigenvalue weighted by Crippen LogP contribution is 2.25. The zero-order valence-corrected chi connectivity index (χ0v) is 16.0. The molecule has 0 radical (unpaired) electrons. The Labute approximate surface area is 167 Å². The molecule has 1 aromatic carbocycles. The number of nitrogens with one attached hydrogen (secondary N) is 1. The molecule has 29 heavy (non-hydrogen) atoms. The van der Waals surface area contributed by atoms with Crippen molar-refractivity contribution in [2.75, 3.05) is 11.9 Å². The van der Waals surface area contributed by atoms with E-state index in [1.54, 1.807) is 16.8 Å². The fourth-order valence-corrected chi connectivity index (χ4v) is 3.72. The van der Waals surface area contributed by atoms with Gasteiger partial charge < -0.3 is 19.0 Å². The molecule has 1 aliphatic rings. The number of aromatic nitrogens is 4.